The largest absolute Gasteiger partial charge is 0.444 e. The van der Waals surface area contributed by atoms with Crippen LogP contribution in [0.15, 0.2) is 31.2 Å². The quantitative estimate of drug-likeness (QED) is 0.0638. The van der Waals surface area contributed by atoms with Crippen molar-refractivity contribution in [3.8, 4) is 0 Å². The van der Waals surface area contributed by atoms with Gasteiger partial charge in [0.1, 0.15) is 67.9 Å². The van der Waals surface area contributed by atoms with Gasteiger partial charge in [0.2, 0.25) is 0 Å². The number of ether oxygens (including phenoxy) is 7. The molecular formula is C56H89Cl5N12O10. The maximum Gasteiger partial charge on any atom is 0.410 e. The van der Waals surface area contributed by atoms with E-state index in [0.29, 0.717) is 103 Å². The second kappa shape index (κ2) is 35.3. The molecule has 7 rings (SSSR count). The Hall–Kier alpha value is -4.36. The number of carbonyl (C=O) groups is 3. The fraction of sp³-hybridized carbons (Fsp3) is 0.696. The van der Waals surface area contributed by atoms with Crippen LogP contribution >= 0.6 is 58.8 Å². The highest BCUT2D eigenvalue weighted by atomic mass is 35.5. The van der Waals surface area contributed by atoms with Gasteiger partial charge in [-0.1, -0.05) is 46.4 Å². The molecule has 0 aliphatic carbocycles. The molecule has 0 spiro atoms. The molecule has 22 nitrogen and oxygen atoms in total. The SMILES string of the molecule is CC(C)(C)OC(=O)N1CCC(N)CC1.CC(C)(C)OC(=O)N1CCC(n2ccc3c(Cl)ncnc32)CC1.CCOC(Cc1c(Cl)ncnc1Cl)OCC.CCOC(Cc1c(Cl)ncnc1NC1CCN(C(=O)OC(C)(C)C)CC1)OCC.Cl. The molecule has 0 radical (unpaired) electrons. The number of amides is 3. The summed E-state index contributed by atoms with van der Waals surface area (Å²) in [4.78, 5) is 65.8. The van der Waals surface area contributed by atoms with Crippen molar-refractivity contribution in [1.82, 2.24) is 49.2 Å². The van der Waals surface area contributed by atoms with E-state index < -0.39 is 23.1 Å². The van der Waals surface area contributed by atoms with E-state index in [2.05, 4.69) is 39.8 Å². The van der Waals surface area contributed by atoms with Crippen LogP contribution in [0.25, 0.3) is 11.0 Å². The molecule has 3 aliphatic heterocycles. The molecule has 0 aromatic carbocycles. The highest BCUT2D eigenvalue weighted by molar-refractivity contribution is 6.34. The van der Waals surface area contributed by atoms with Gasteiger partial charge >= 0.3 is 18.3 Å². The second-order valence-corrected chi connectivity index (χ2v) is 24.0. The maximum absolute atomic E-state index is 12.2. The van der Waals surface area contributed by atoms with Crippen LogP contribution in [0.3, 0.4) is 0 Å². The van der Waals surface area contributed by atoms with Crippen LogP contribution < -0.4 is 11.1 Å². The zero-order valence-corrected chi connectivity index (χ0v) is 54.4. The molecule has 3 aliphatic rings. The summed E-state index contributed by atoms with van der Waals surface area (Å²) in [6, 6.07) is 2.67. The predicted molar refractivity (Wildman–Crippen MR) is 326 cm³/mol. The van der Waals surface area contributed by atoms with E-state index in [0.717, 1.165) is 68.2 Å². The molecule has 3 saturated heterocycles. The molecular weight excluding hydrogens is 1180 g/mol. The minimum absolute atomic E-state index is 0. The van der Waals surface area contributed by atoms with Gasteiger partial charge in [0.25, 0.3) is 0 Å². The van der Waals surface area contributed by atoms with E-state index in [1.54, 1.807) is 14.7 Å². The van der Waals surface area contributed by atoms with Crippen molar-refractivity contribution in [2.75, 3.05) is 71.0 Å². The van der Waals surface area contributed by atoms with Crippen LogP contribution in [0.2, 0.25) is 20.6 Å². The van der Waals surface area contributed by atoms with Gasteiger partial charge in [-0.25, -0.2) is 44.3 Å². The van der Waals surface area contributed by atoms with Gasteiger partial charge in [0, 0.05) is 114 Å². The summed E-state index contributed by atoms with van der Waals surface area (Å²) in [5.41, 5.74) is 6.66. The molecule has 83 heavy (non-hydrogen) atoms. The number of anilines is 1. The average molecular weight is 1270 g/mol. The number of piperidine rings is 3. The Balaban J connectivity index is 0.000000300. The van der Waals surface area contributed by atoms with Crippen molar-refractivity contribution in [3.05, 3.63) is 63.0 Å². The number of fused-ring (bicyclic) bond motifs is 1. The van der Waals surface area contributed by atoms with E-state index in [-0.39, 0.29) is 49.1 Å². The van der Waals surface area contributed by atoms with Crippen molar-refractivity contribution in [2.24, 2.45) is 5.73 Å². The molecule has 0 unspecified atom stereocenters. The van der Waals surface area contributed by atoms with Crippen molar-refractivity contribution >= 4 is 93.9 Å². The Morgan fingerprint density at radius 1 is 0.554 bits per heavy atom. The lowest BCUT2D eigenvalue weighted by Crippen LogP contribution is -2.44. The van der Waals surface area contributed by atoms with Crippen LogP contribution in [-0.2, 0) is 46.0 Å². The lowest BCUT2D eigenvalue weighted by atomic mass is 10.0. The number of halogens is 5. The Kier molecular flexibility index (Phi) is 31.0. The summed E-state index contributed by atoms with van der Waals surface area (Å²) in [6.45, 7) is 30.8. The lowest BCUT2D eigenvalue weighted by molar-refractivity contribution is -0.134. The summed E-state index contributed by atoms with van der Waals surface area (Å²) in [5, 5.41) is 5.86. The normalized spacial score (nSPS) is 15.5. The van der Waals surface area contributed by atoms with E-state index >= 15 is 0 Å². The predicted octanol–water partition coefficient (Wildman–Crippen LogP) is 12.0. The first-order valence-electron chi connectivity index (χ1n) is 28.2. The van der Waals surface area contributed by atoms with E-state index in [4.69, 9.17) is 85.3 Å². The van der Waals surface area contributed by atoms with Crippen LogP contribution in [0, 0.1) is 0 Å². The lowest BCUT2D eigenvalue weighted by Gasteiger charge is -2.34. The van der Waals surface area contributed by atoms with E-state index in [1.807, 2.05) is 102 Å². The molecule has 4 aromatic heterocycles. The average Bonchev–Trinajstić information content (AvgIpc) is 3.96. The first-order chi connectivity index (χ1) is 38.6. The molecule has 0 saturated carbocycles. The third-order valence-corrected chi connectivity index (χ3v) is 13.8. The summed E-state index contributed by atoms with van der Waals surface area (Å²) in [7, 11) is 0. The molecule has 3 amide bonds. The van der Waals surface area contributed by atoms with Crippen LogP contribution in [0.1, 0.15) is 146 Å². The minimum Gasteiger partial charge on any atom is -0.444 e. The number of hydrogen-bond acceptors (Lipinski definition) is 18. The van der Waals surface area contributed by atoms with Gasteiger partial charge in [0.15, 0.2) is 12.6 Å². The van der Waals surface area contributed by atoms with Gasteiger partial charge in [-0.05, 0) is 135 Å². The summed E-state index contributed by atoms with van der Waals surface area (Å²) in [6.07, 6.45) is 10.7. The number of nitrogens with two attached hydrogens (primary N) is 1. The van der Waals surface area contributed by atoms with Gasteiger partial charge in [0.05, 0.1) is 5.39 Å². The molecule has 468 valence electrons. The monoisotopic (exact) mass is 1260 g/mol. The maximum atomic E-state index is 12.2. The molecule has 7 heterocycles. The molecule has 3 fully saturated rings. The van der Waals surface area contributed by atoms with Crippen molar-refractivity contribution in [1.29, 1.82) is 0 Å². The second-order valence-electron chi connectivity index (χ2n) is 22.5. The first-order valence-corrected chi connectivity index (χ1v) is 29.7. The summed E-state index contributed by atoms with van der Waals surface area (Å²) < 4.78 is 40.4. The fourth-order valence-corrected chi connectivity index (χ4v) is 9.54. The van der Waals surface area contributed by atoms with Gasteiger partial charge in [-0.15, -0.1) is 12.4 Å². The number of nitrogens with one attached hydrogen (secondary N) is 1. The minimum atomic E-state index is -0.490. The van der Waals surface area contributed by atoms with Gasteiger partial charge in [-0.3, -0.25) is 0 Å². The number of likely N-dealkylation sites (tertiary alicyclic amines) is 3. The summed E-state index contributed by atoms with van der Waals surface area (Å²) in [5.74, 6) is 0.685. The Labute approximate surface area is 516 Å². The third kappa shape index (κ3) is 25.6. The van der Waals surface area contributed by atoms with Crippen LogP contribution in [0.4, 0.5) is 20.2 Å². The number of nitrogens with zero attached hydrogens (tertiary/aromatic N) is 10. The number of rotatable bonds is 15. The van der Waals surface area contributed by atoms with E-state index in [1.165, 1.54) is 19.0 Å². The Morgan fingerprint density at radius 2 is 0.916 bits per heavy atom. The Bertz CT molecular complexity index is 2550. The molecule has 0 bridgehead atoms. The molecule has 27 heteroatoms. The topological polar surface area (TPSA) is 246 Å². The molecule has 4 aromatic rings. The van der Waals surface area contributed by atoms with Gasteiger partial charge in [-0.2, -0.15) is 0 Å². The Morgan fingerprint density at radius 3 is 1.34 bits per heavy atom. The fourth-order valence-electron chi connectivity index (χ4n) is 8.67. The number of carbonyl (C=O) groups excluding carboxylic acids is 3. The number of hydrogen-bond donors (Lipinski definition) is 2. The van der Waals surface area contributed by atoms with Crippen LogP contribution in [0.5, 0.6) is 0 Å². The zero-order chi connectivity index (χ0) is 60.8. The highest BCUT2D eigenvalue weighted by Crippen LogP contribution is 2.31. The van der Waals surface area contributed by atoms with Crippen LogP contribution in [-0.4, -0.2) is 175 Å². The molecule has 0 atom stereocenters. The van der Waals surface area contributed by atoms with Gasteiger partial charge < -0.3 is 63.5 Å². The highest BCUT2D eigenvalue weighted by Gasteiger charge is 2.31. The summed E-state index contributed by atoms with van der Waals surface area (Å²) >= 11 is 24.3. The van der Waals surface area contributed by atoms with Crippen molar-refractivity contribution in [3.63, 3.8) is 0 Å². The van der Waals surface area contributed by atoms with Crippen molar-refractivity contribution in [2.45, 2.75) is 189 Å². The smallest absolute Gasteiger partial charge is 0.410 e. The van der Waals surface area contributed by atoms with Crippen molar-refractivity contribution < 1.29 is 47.5 Å². The number of aromatic nitrogens is 7. The zero-order valence-electron chi connectivity index (χ0n) is 50.6. The standard InChI is InChI=1S/C20H33ClN4O4.C16H21ClN4O2.C10H14Cl2N2O2.C10H20N2O2.ClH/c1-6-27-16(28-7-2)12-15-17(21)22-13-23-18(15)24-14-8-10-25(11-9-14)19(26)29-20(3,4)5;1-16(2,3)23-15(22)20-7-4-11(5-8-20)21-9-6-12-13(17)18-10-19-14(12)21;1-3-15-8(16-4-2)5-7-9(11)13-6-14-10(7)12;1-10(2,3)14-9(13)12-6-4-8(11)5-7-12;/h13-14,16H,6-12H2,1-5H3,(H,22,23,24);6,9-11H,4-5,7-8H2,1-3H3;6,8H,3-5H2,1-2H3;8H,4-7,11H2,1-3H3;1H. The third-order valence-electron chi connectivity index (χ3n) is 12.5. The first kappa shape index (κ1) is 72.9. The van der Waals surface area contributed by atoms with E-state index in [9.17, 15) is 14.4 Å². The molecule has 3 N–H and O–H groups in total.